The molecule has 0 aromatic carbocycles. The van der Waals surface area contributed by atoms with Crippen LogP contribution in [0.1, 0.15) is 159 Å². The molecule has 0 bridgehead atoms. The van der Waals surface area contributed by atoms with Crippen LogP contribution in [0.3, 0.4) is 0 Å². The summed E-state index contributed by atoms with van der Waals surface area (Å²) < 4.78 is 26.5. The van der Waals surface area contributed by atoms with Gasteiger partial charge in [-0.1, -0.05) is 142 Å². The molecule has 0 aromatic rings. The molecule has 0 saturated heterocycles. The van der Waals surface area contributed by atoms with Crippen LogP contribution in [-0.4, -0.2) is 13.0 Å². The van der Waals surface area contributed by atoms with Crippen LogP contribution in [-0.2, 0) is 9.53 Å². The van der Waals surface area contributed by atoms with Crippen LogP contribution in [0.15, 0.2) is 0 Å². The van der Waals surface area contributed by atoms with Gasteiger partial charge in [-0.2, -0.15) is 0 Å². The molecule has 0 atom stereocenters. The SMILES string of the molecule is [2H]C([2H])([2H])OC(=O)C(CCCCCCCCCCCC)CCCCCCCCCCCC. The van der Waals surface area contributed by atoms with Crippen molar-refractivity contribution in [1.29, 1.82) is 0 Å². The molecule has 0 radical (unpaired) electrons. The van der Waals surface area contributed by atoms with Gasteiger partial charge in [0.2, 0.25) is 0 Å². The lowest BCUT2D eigenvalue weighted by atomic mass is 9.94. The molecule has 0 amide bonds. The first-order chi connectivity index (χ1) is 15.4. The lowest BCUT2D eigenvalue weighted by Gasteiger charge is -2.14. The Morgan fingerprint density at radius 1 is 0.586 bits per heavy atom. The molecule has 29 heavy (non-hydrogen) atoms. The second kappa shape index (κ2) is 23.7. The average molecular weight is 414 g/mol. The number of unbranched alkanes of at least 4 members (excludes halogenated alkanes) is 18. The maximum atomic E-state index is 12.4. The number of esters is 1. The Labute approximate surface area is 188 Å². The van der Waals surface area contributed by atoms with E-state index in [1.807, 2.05) is 0 Å². The van der Waals surface area contributed by atoms with E-state index in [1.165, 1.54) is 103 Å². The van der Waals surface area contributed by atoms with Gasteiger partial charge in [-0.3, -0.25) is 4.79 Å². The molecule has 0 aromatic heterocycles. The van der Waals surface area contributed by atoms with Crippen LogP contribution in [0, 0.1) is 5.92 Å². The van der Waals surface area contributed by atoms with E-state index in [9.17, 15) is 4.79 Å². The van der Waals surface area contributed by atoms with Crippen molar-refractivity contribution in [1.82, 2.24) is 0 Å². The van der Waals surface area contributed by atoms with Gasteiger partial charge in [-0.25, -0.2) is 0 Å². The predicted octanol–water partition coefficient (Wildman–Crippen LogP) is 9.40. The normalized spacial score (nSPS) is 13.3. The fourth-order valence-corrected chi connectivity index (χ4v) is 4.22. The Hall–Kier alpha value is -0.530. The van der Waals surface area contributed by atoms with E-state index < -0.39 is 13.0 Å². The first-order valence-corrected chi connectivity index (χ1v) is 13.1. The monoisotopic (exact) mass is 413 g/mol. The molecule has 0 aliphatic rings. The summed E-state index contributed by atoms with van der Waals surface area (Å²) in [5, 5.41) is 0. The molecule has 174 valence electrons. The first-order valence-electron chi connectivity index (χ1n) is 14.6. The minimum Gasteiger partial charge on any atom is -0.469 e. The smallest absolute Gasteiger partial charge is 0.308 e. The molecule has 2 nitrogen and oxygen atoms in total. The van der Waals surface area contributed by atoms with Gasteiger partial charge in [0.05, 0.1) is 17.1 Å². The summed E-state index contributed by atoms with van der Waals surface area (Å²) in [6.45, 7) is 4.50. The van der Waals surface area contributed by atoms with Crippen molar-refractivity contribution in [2.75, 3.05) is 7.04 Å². The van der Waals surface area contributed by atoms with Gasteiger partial charge >= 0.3 is 5.97 Å². The van der Waals surface area contributed by atoms with Crippen molar-refractivity contribution in [3.05, 3.63) is 0 Å². The molecule has 0 heterocycles. The van der Waals surface area contributed by atoms with Crippen LogP contribution in [0.25, 0.3) is 0 Å². The summed E-state index contributed by atoms with van der Waals surface area (Å²) in [6, 6.07) is 0. The van der Waals surface area contributed by atoms with E-state index in [0.29, 0.717) is 0 Å². The van der Waals surface area contributed by atoms with Crippen molar-refractivity contribution in [3.63, 3.8) is 0 Å². The average Bonchev–Trinajstić information content (AvgIpc) is 2.73. The van der Waals surface area contributed by atoms with Crippen LogP contribution in [0.5, 0.6) is 0 Å². The fourth-order valence-electron chi connectivity index (χ4n) is 4.22. The van der Waals surface area contributed by atoms with Gasteiger partial charge < -0.3 is 4.74 Å². The van der Waals surface area contributed by atoms with Crippen LogP contribution < -0.4 is 0 Å². The molecule has 0 unspecified atom stereocenters. The quantitative estimate of drug-likeness (QED) is 0.123. The molecule has 0 spiro atoms. The Bertz CT molecular complexity index is 386. The summed E-state index contributed by atoms with van der Waals surface area (Å²) in [5.74, 6) is -0.768. The maximum absolute atomic E-state index is 12.4. The summed E-state index contributed by atoms with van der Waals surface area (Å²) in [6.07, 6.45) is 26.8. The fraction of sp³-hybridized carbons (Fsp3) is 0.963. The Morgan fingerprint density at radius 2 is 0.897 bits per heavy atom. The molecule has 0 saturated carbocycles. The van der Waals surface area contributed by atoms with Crippen LogP contribution in [0.2, 0.25) is 0 Å². The van der Waals surface area contributed by atoms with E-state index in [2.05, 4.69) is 13.8 Å². The van der Waals surface area contributed by atoms with Crippen molar-refractivity contribution in [2.24, 2.45) is 5.92 Å². The number of carbonyl (C=O) groups excluding carboxylic acids is 1. The predicted molar refractivity (Wildman–Crippen MR) is 128 cm³/mol. The highest BCUT2D eigenvalue weighted by atomic mass is 16.5. The standard InChI is InChI=1S/C27H54O2/c1-4-6-8-10-12-14-16-18-20-22-24-26(27(28)29-3)25-23-21-19-17-15-13-11-9-7-5-2/h26H,4-25H2,1-3H3/i3D3. The summed E-state index contributed by atoms with van der Waals surface area (Å²) in [5.41, 5.74) is 0. The number of ether oxygens (including phenoxy) is 1. The lowest BCUT2D eigenvalue weighted by Crippen LogP contribution is -2.16. The number of carbonyl (C=O) groups is 1. The van der Waals surface area contributed by atoms with Crippen LogP contribution >= 0.6 is 0 Å². The van der Waals surface area contributed by atoms with E-state index in [0.717, 1.165) is 38.5 Å². The van der Waals surface area contributed by atoms with Gasteiger partial charge in [0, 0.05) is 0 Å². The van der Waals surface area contributed by atoms with Crippen molar-refractivity contribution in [2.45, 2.75) is 155 Å². The molecule has 0 fully saturated rings. The zero-order valence-corrected chi connectivity index (χ0v) is 20.0. The number of hydrogen-bond acceptors (Lipinski definition) is 2. The third-order valence-electron chi connectivity index (χ3n) is 6.25. The molecule has 0 N–H and O–H groups in total. The van der Waals surface area contributed by atoms with E-state index in [4.69, 9.17) is 8.85 Å². The summed E-state index contributed by atoms with van der Waals surface area (Å²) >= 11 is 0. The third-order valence-corrected chi connectivity index (χ3v) is 6.25. The maximum Gasteiger partial charge on any atom is 0.308 e. The van der Waals surface area contributed by atoms with Crippen LogP contribution in [0.4, 0.5) is 0 Å². The number of hydrogen-bond donors (Lipinski definition) is 0. The molecular weight excluding hydrogens is 356 g/mol. The van der Waals surface area contributed by atoms with Gasteiger partial charge in [0.1, 0.15) is 0 Å². The highest BCUT2D eigenvalue weighted by Crippen LogP contribution is 2.21. The Balaban J connectivity index is 3.95. The van der Waals surface area contributed by atoms with Gasteiger partial charge in [-0.05, 0) is 12.8 Å². The molecular formula is C27H54O2. The summed E-state index contributed by atoms with van der Waals surface area (Å²) in [7, 11) is -2.62. The zero-order chi connectivity index (χ0) is 23.9. The van der Waals surface area contributed by atoms with Crippen molar-refractivity contribution in [3.8, 4) is 0 Å². The van der Waals surface area contributed by atoms with Crippen molar-refractivity contribution >= 4 is 5.97 Å². The molecule has 0 rings (SSSR count). The molecule has 0 aliphatic carbocycles. The number of methoxy groups -OCH3 is 1. The molecule has 2 heteroatoms. The topological polar surface area (TPSA) is 26.3 Å². The number of rotatable bonds is 23. The lowest BCUT2D eigenvalue weighted by molar-refractivity contribution is -0.146. The van der Waals surface area contributed by atoms with E-state index in [1.54, 1.807) is 0 Å². The van der Waals surface area contributed by atoms with Gasteiger partial charge in [0.15, 0.2) is 0 Å². The van der Waals surface area contributed by atoms with Crippen molar-refractivity contribution < 1.29 is 13.6 Å². The summed E-state index contributed by atoms with van der Waals surface area (Å²) in [4.78, 5) is 12.4. The van der Waals surface area contributed by atoms with E-state index >= 15 is 0 Å². The third kappa shape index (κ3) is 20.5. The highest BCUT2D eigenvalue weighted by molar-refractivity contribution is 5.72. The molecule has 0 aliphatic heterocycles. The minimum atomic E-state index is -2.62. The van der Waals surface area contributed by atoms with Gasteiger partial charge in [0.25, 0.3) is 0 Å². The zero-order valence-electron chi connectivity index (χ0n) is 23.0. The second-order valence-electron chi connectivity index (χ2n) is 9.06. The van der Waals surface area contributed by atoms with Gasteiger partial charge in [-0.15, -0.1) is 0 Å². The second-order valence-corrected chi connectivity index (χ2v) is 9.06. The highest BCUT2D eigenvalue weighted by Gasteiger charge is 2.18. The Kier molecular flexibility index (Phi) is 18.9. The van der Waals surface area contributed by atoms with E-state index in [-0.39, 0.29) is 5.92 Å². The largest absolute Gasteiger partial charge is 0.469 e. The Morgan fingerprint density at radius 3 is 1.21 bits per heavy atom. The minimum absolute atomic E-state index is 0.251. The first kappa shape index (κ1) is 23.1.